The Bertz CT molecular complexity index is 2420. The molecule has 286 valence electrons. The number of fused-ring (bicyclic) bond motifs is 11. The summed E-state index contributed by atoms with van der Waals surface area (Å²) in [5.41, 5.74) is 2.81. The molecule has 0 saturated carbocycles. The van der Waals surface area contributed by atoms with Crippen LogP contribution in [0.3, 0.4) is 0 Å². The Morgan fingerprint density at radius 1 is 1.09 bits per heavy atom. The minimum Gasteiger partial charge on any atom is -0.504 e. The van der Waals surface area contributed by atoms with Gasteiger partial charge in [-0.1, -0.05) is 18.2 Å². The zero-order valence-corrected chi connectivity index (χ0v) is 31.9. The zero-order valence-electron chi connectivity index (χ0n) is 31.1. The molecule has 1 aromatic heterocycles. The fraction of sp³-hybridized carbons (Fsp3) is 0.463. The van der Waals surface area contributed by atoms with Gasteiger partial charge in [0.05, 0.1) is 24.4 Å². The van der Waals surface area contributed by atoms with Gasteiger partial charge < -0.3 is 38.3 Å². The molecule has 3 aromatic carbocycles. The summed E-state index contributed by atoms with van der Waals surface area (Å²) >= 11 is 1.52. The molecule has 7 atom stereocenters. The third-order valence-corrected chi connectivity index (χ3v) is 14.8. The fourth-order valence-corrected chi connectivity index (χ4v) is 13.0. The number of benzene rings is 3. The van der Waals surface area contributed by atoms with E-state index in [0.29, 0.717) is 64.9 Å². The molecule has 8 aliphatic rings. The van der Waals surface area contributed by atoms with Crippen LogP contribution in [0.2, 0.25) is 0 Å². The maximum absolute atomic E-state index is 14.8. The first-order valence-corrected chi connectivity index (χ1v) is 19.8. The molecule has 13 nitrogen and oxygen atoms in total. The van der Waals surface area contributed by atoms with Crippen LogP contribution in [-0.2, 0) is 31.8 Å². The number of furan rings is 1. The predicted molar refractivity (Wildman–Crippen MR) is 198 cm³/mol. The van der Waals surface area contributed by atoms with Gasteiger partial charge in [0.15, 0.2) is 28.5 Å². The van der Waals surface area contributed by atoms with Gasteiger partial charge in [0.1, 0.15) is 29.4 Å². The van der Waals surface area contributed by atoms with Crippen LogP contribution in [0.25, 0.3) is 11.0 Å². The van der Waals surface area contributed by atoms with E-state index >= 15 is 0 Å². The number of nitrogens with one attached hydrogen (secondary N) is 1. The Labute approximate surface area is 320 Å². The van der Waals surface area contributed by atoms with Crippen molar-refractivity contribution in [1.82, 2.24) is 15.1 Å². The van der Waals surface area contributed by atoms with E-state index in [2.05, 4.69) is 28.1 Å². The number of esters is 2. The normalized spacial score (nSPS) is 32.6. The summed E-state index contributed by atoms with van der Waals surface area (Å²) in [7, 11) is 1.56. The van der Waals surface area contributed by atoms with E-state index in [1.807, 2.05) is 38.1 Å². The first-order chi connectivity index (χ1) is 26.4. The maximum atomic E-state index is 14.8. The number of hydrogen-bond acceptors (Lipinski definition) is 14. The number of carbonyl (C=O) groups excluding carboxylic acids is 2. The molecule has 4 aromatic rings. The molecule has 4 bridgehead atoms. The van der Waals surface area contributed by atoms with Gasteiger partial charge in [0.25, 0.3) is 0 Å². The molecule has 8 aliphatic heterocycles. The van der Waals surface area contributed by atoms with Gasteiger partial charge in [-0.2, -0.15) is 0 Å². The zero-order chi connectivity index (χ0) is 37.9. The summed E-state index contributed by atoms with van der Waals surface area (Å²) in [6, 6.07) is 8.19. The van der Waals surface area contributed by atoms with Crippen LogP contribution in [0.1, 0.15) is 82.3 Å². The van der Waals surface area contributed by atoms with Crippen molar-refractivity contribution in [1.29, 1.82) is 0 Å². The summed E-state index contributed by atoms with van der Waals surface area (Å²) in [6.45, 7) is 7.90. The van der Waals surface area contributed by atoms with E-state index < -0.39 is 52.1 Å². The molecular formula is C41H41N3O10S. The smallest absolute Gasteiger partial charge is 0.335 e. The first-order valence-electron chi connectivity index (χ1n) is 18.8. The van der Waals surface area contributed by atoms with Gasteiger partial charge in [-0.3, -0.25) is 19.9 Å². The second-order valence-electron chi connectivity index (χ2n) is 16.2. The van der Waals surface area contributed by atoms with Gasteiger partial charge in [-0.25, -0.2) is 4.79 Å². The first kappa shape index (κ1) is 33.8. The number of aliphatic hydroxyl groups is 1. The molecule has 12 rings (SSSR count). The highest BCUT2D eigenvalue weighted by molar-refractivity contribution is 7.99. The Morgan fingerprint density at radius 2 is 1.89 bits per heavy atom. The van der Waals surface area contributed by atoms with E-state index in [0.717, 1.165) is 33.2 Å². The summed E-state index contributed by atoms with van der Waals surface area (Å²) in [4.78, 5) is 32.2. The molecular weight excluding hydrogens is 727 g/mol. The molecule has 0 radical (unpaired) electrons. The number of nitrogens with zero attached hydrogens (tertiary/aromatic N) is 2. The lowest BCUT2D eigenvalue weighted by Gasteiger charge is -2.59. The van der Waals surface area contributed by atoms with E-state index in [1.165, 1.54) is 18.7 Å². The minimum atomic E-state index is -1.38. The van der Waals surface area contributed by atoms with Crippen molar-refractivity contribution in [3.63, 3.8) is 0 Å². The van der Waals surface area contributed by atoms with Crippen molar-refractivity contribution in [2.75, 3.05) is 39.4 Å². The van der Waals surface area contributed by atoms with Gasteiger partial charge in [-0.05, 0) is 50.5 Å². The van der Waals surface area contributed by atoms with Crippen LogP contribution in [0.5, 0.6) is 28.7 Å². The number of ether oxygens (including phenoxy) is 5. The van der Waals surface area contributed by atoms with Crippen LogP contribution in [0, 0.1) is 13.8 Å². The van der Waals surface area contributed by atoms with Crippen LogP contribution < -0.4 is 24.3 Å². The monoisotopic (exact) mass is 767 g/mol. The predicted octanol–water partition coefficient (Wildman–Crippen LogP) is 4.89. The van der Waals surface area contributed by atoms with Crippen molar-refractivity contribution in [3.8, 4) is 28.7 Å². The largest absolute Gasteiger partial charge is 0.504 e. The molecule has 3 fully saturated rings. The van der Waals surface area contributed by atoms with Gasteiger partial charge in [0, 0.05) is 77.0 Å². The number of rotatable bonds is 2. The minimum absolute atomic E-state index is 0.0408. The number of carbonyl (C=O) groups is 2. The molecule has 55 heavy (non-hydrogen) atoms. The van der Waals surface area contributed by atoms with Gasteiger partial charge in [-0.15, -0.1) is 11.8 Å². The highest BCUT2D eigenvalue weighted by atomic mass is 32.2. The van der Waals surface area contributed by atoms with E-state index in [1.54, 1.807) is 7.11 Å². The molecule has 1 spiro atoms. The van der Waals surface area contributed by atoms with Crippen LogP contribution in [-0.4, -0.2) is 83.1 Å². The lowest BCUT2D eigenvalue weighted by Crippen LogP contribution is -2.67. The third kappa shape index (κ3) is 4.08. The number of aryl methyl sites for hydroxylation is 1. The van der Waals surface area contributed by atoms with Gasteiger partial charge >= 0.3 is 11.9 Å². The lowest BCUT2D eigenvalue weighted by molar-refractivity contribution is -0.196. The third-order valence-electron chi connectivity index (χ3n) is 13.4. The number of aromatic hydroxyl groups is 1. The SMILES string of the molecule is COc1c(C)cc2c(c1O)[C@H]1[C@@H]3[C@@H]4SC[C@]5(NCCc6c5oc5ccccc65)C(=O)OC[C@@H](c5c6c(c(C)c(OC(C)=O)c54)OCO6)N3[C@]3(O)CN1C2(C)C3. The van der Waals surface area contributed by atoms with Crippen molar-refractivity contribution in [2.24, 2.45) is 0 Å². The number of hydrogen-bond donors (Lipinski definition) is 3. The molecule has 9 heterocycles. The average molecular weight is 768 g/mol. The summed E-state index contributed by atoms with van der Waals surface area (Å²) in [5.74, 6) is 1.54. The quantitative estimate of drug-likeness (QED) is 0.187. The number of para-hydroxylation sites is 1. The maximum Gasteiger partial charge on any atom is 0.335 e. The van der Waals surface area contributed by atoms with Crippen molar-refractivity contribution in [3.05, 3.63) is 75.0 Å². The standard InChI is InChI=1S/C41H41N3O10S/c1-18-12-23-26(31(46)32(18)49-5)29-30-36-28-27(35-34(51-17-52-35)19(2)33(28)53-20(3)45)24(44(30)40(48)14-39(23,4)43(29)15-40)13-50-38(47)41(16-55-36)37-22(10-11-42-41)21-8-6-7-9-25(21)54-37/h6-9,12,24,29-30,36,42,46,48H,10-11,13-17H2,1-5H3/t24-,29-,30+,36+,39?,40+,41+/m0/s1. The molecule has 14 heteroatoms. The second kappa shape index (κ2) is 11.1. The summed E-state index contributed by atoms with van der Waals surface area (Å²) in [5, 5.41) is 29.2. The number of piperazine rings is 1. The van der Waals surface area contributed by atoms with Crippen LogP contribution in [0.4, 0.5) is 0 Å². The van der Waals surface area contributed by atoms with E-state index in [-0.39, 0.29) is 31.4 Å². The lowest BCUT2D eigenvalue weighted by atomic mass is 9.75. The van der Waals surface area contributed by atoms with Crippen molar-refractivity contribution < 1.29 is 47.9 Å². The Balaban J connectivity index is 1.19. The topological polar surface area (TPSA) is 152 Å². The Hall–Kier alpha value is -4.47. The molecule has 0 aliphatic carbocycles. The Kier molecular flexibility index (Phi) is 6.83. The summed E-state index contributed by atoms with van der Waals surface area (Å²) < 4.78 is 37.3. The van der Waals surface area contributed by atoms with Crippen molar-refractivity contribution >= 4 is 34.7 Å². The number of methoxy groups -OCH3 is 1. The highest BCUT2D eigenvalue weighted by Gasteiger charge is 2.72. The van der Waals surface area contributed by atoms with Crippen molar-refractivity contribution in [2.45, 2.75) is 80.7 Å². The number of phenolic OH excluding ortho intramolecular Hbond substituents is 1. The summed E-state index contributed by atoms with van der Waals surface area (Å²) in [6.07, 6.45) is 1.01. The van der Waals surface area contributed by atoms with E-state index in [4.69, 9.17) is 28.1 Å². The molecule has 3 N–H and O–H groups in total. The van der Waals surface area contributed by atoms with Crippen LogP contribution in [0.15, 0.2) is 34.7 Å². The molecule has 3 saturated heterocycles. The van der Waals surface area contributed by atoms with Gasteiger partial charge in [0.2, 0.25) is 6.79 Å². The molecule has 0 amide bonds. The Morgan fingerprint density at radius 3 is 2.69 bits per heavy atom. The second-order valence-corrected chi connectivity index (χ2v) is 17.3. The van der Waals surface area contributed by atoms with Crippen LogP contribution >= 0.6 is 11.8 Å². The highest BCUT2D eigenvalue weighted by Crippen LogP contribution is 2.71. The number of phenols is 1. The fourth-order valence-electron chi connectivity index (χ4n) is 11.4. The molecule has 1 unspecified atom stereocenters. The van der Waals surface area contributed by atoms with E-state index in [9.17, 15) is 19.8 Å². The average Bonchev–Trinajstić information content (AvgIpc) is 3.90. The number of thioether (sulfide) groups is 1.